The maximum Gasteiger partial charge on any atom is 0.311 e. The first-order chi connectivity index (χ1) is 12.5. The Balaban J connectivity index is 2.86. The van der Waals surface area contributed by atoms with Crippen LogP contribution in [-0.4, -0.2) is 71.7 Å². The van der Waals surface area contributed by atoms with Crippen molar-refractivity contribution < 1.29 is 34.0 Å². The highest BCUT2D eigenvalue weighted by Gasteiger charge is 2.49. The Labute approximate surface area is 171 Å². The van der Waals surface area contributed by atoms with Crippen molar-refractivity contribution in [3.63, 3.8) is 0 Å². The quantitative estimate of drug-likeness (QED) is 0.448. The summed E-state index contributed by atoms with van der Waals surface area (Å²) in [5, 5.41) is 19.6. The zero-order valence-electron chi connectivity index (χ0n) is 16.8. The first kappa shape index (κ1) is 24.6. The van der Waals surface area contributed by atoms with E-state index in [4.69, 9.17) is 31.2 Å². The van der Waals surface area contributed by atoms with Gasteiger partial charge in [0.1, 0.15) is 6.10 Å². The summed E-state index contributed by atoms with van der Waals surface area (Å²) in [4.78, 5) is 12.0. The first-order valence-corrected chi connectivity index (χ1v) is 10.6. The minimum atomic E-state index is -1.08. The fourth-order valence-electron chi connectivity index (χ4n) is 2.93. The summed E-state index contributed by atoms with van der Waals surface area (Å²) >= 11 is 6.46. The standard InChI is InChI=1S/C18H32O7S2/c1-10(9-23-16(21)18(2,3)4)7-11-13(12(20)8-19)24-15(22-5)14(11)25-17(26)27-6/h10-15,19-20H,7-9H2,1-6H3/t10-,11+,12-,13+,14-,15-/m1/s1. The Hall–Kier alpha value is -0.450. The molecule has 1 heterocycles. The lowest BCUT2D eigenvalue weighted by Gasteiger charge is -2.28. The number of methoxy groups -OCH3 is 1. The molecule has 1 aliphatic heterocycles. The van der Waals surface area contributed by atoms with Crippen molar-refractivity contribution >= 4 is 34.3 Å². The number of hydrogen-bond donors (Lipinski definition) is 2. The smallest absolute Gasteiger partial charge is 0.311 e. The maximum absolute atomic E-state index is 12.0. The van der Waals surface area contributed by atoms with Gasteiger partial charge in [-0.3, -0.25) is 4.79 Å². The number of carbonyl (C=O) groups excluding carboxylic acids is 1. The van der Waals surface area contributed by atoms with Crippen LogP contribution in [0.3, 0.4) is 0 Å². The third-order valence-corrected chi connectivity index (χ3v) is 5.41. The van der Waals surface area contributed by atoms with Gasteiger partial charge in [0.25, 0.3) is 0 Å². The largest absolute Gasteiger partial charge is 0.469 e. The van der Waals surface area contributed by atoms with Crippen LogP contribution in [0.4, 0.5) is 0 Å². The molecular weight excluding hydrogens is 392 g/mol. The van der Waals surface area contributed by atoms with Gasteiger partial charge in [0.15, 0.2) is 12.4 Å². The number of thioether (sulfide) groups is 1. The van der Waals surface area contributed by atoms with Gasteiger partial charge in [-0.25, -0.2) is 0 Å². The zero-order chi connectivity index (χ0) is 20.8. The fourth-order valence-corrected chi connectivity index (χ4v) is 3.25. The van der Waals surface area contributed by atoms with Gasteiger partial charge in [-0.1, -0.05) is 18.7 Å². The van der Waals surface area contributed by atoms with E-state index >= 15 is 0 Å². The summed E-state index contributed by atoms with van der Waals surface area (Å²) in [5.74, 6) is -0.566. The van der Waals surface area contributed by atoms with Gasteiger partial charge in [0.05, 0.1) is 24.7 Å². The number of hydrogen-bond acceptors (Lipinski definition) is 9. The first-order valence-electron chi connectivity index (χ1n) is 8.94. The van der Waals surface area contributed by atoms with E-state index in [0.717, 1.165) is 0 Å². The second kappa shape index (κ2) is 10.9. The predicted octanol–water partition coefficient (Wildman–Crippen LogP) is 1.98. The molecule has 1 aliphatic rings. The van der Waals surface area contributed by atoms with E-state index < -0.39 is 36.6 Å². The van der Waals surface area contributed by atoms with Crippen molar-refractivity contribution in [3.8, 4) is 0 Å². The average Bonchev–Trinajstić information content (AvgIpc) is 2.95. The molecular formula is C18H32O7S2. The highest BCUT2D eigenvalue weighted by atomic mass is 32.2. The maximum atomic E-state index is 12.0. The predicted molar refractivity (Wildman–Crippen MR) is 107 cm³/mol. The molecule has 0 radical (unpaired) electrons. The summed E-state index contributed by atoms with van der Waals surface area (Å²) in [6.45, 7) is 7.15. The third kappa shape index (κ3) is 7.14. The molecule has 1 rings (SSSR count). The average molecular weight is 425 g/mol. The number of aliphatic hydroxyl groups is 2. The van der Waals surface area contributed by atoms with E-state index in [9.17, 15) is 15.0 Å². The van der Waals surface area contributed by atoms with E-state index in [0.29, 0.717) is 10.8 Å². The Morgan fingerprint density at radius 1 is 1.37 bits per heavy atom. The SMILES string of the molecule is CO[C@@H]1O[C@H]([C@H](O)CO)[C@H](C[C@@H](C)COC(=O)C(C)(C)C)[C@H]1OC(=S)SC. The van der Waals surface area contributed by atoms with Gasteiger partial charge >= 0.3 is 5.97 Å². The molecule has 0 amide bonds. The molecule has 6 atom stereocenters. The Bertz CT molecular complexity index is 495. The van der Waals surface area contributed by atoms with Crippen LogP contribution in [0.1, 0.15) is 34.1 Å². The van der Waals surface area contributed by atoms with Gasteiger partial charge in [-0.15, -0.1) is 0 Å². The minimum Gasteiger partial charge on any atom is -0.469 e. The van der Waals surface area contributed by atoms with E-state index in [1.54, 1.807) is 20.8 Å². The Morgan fingerprint density at radius 3 is 2.48 bits per heavy atom. The topological polar surface area (TPSA) is 94.5 Å². The molecule has 0 aliphatic carbocycles. The molecule has 0 saturated carbocycles. The van der Waals surface area contributed by atoms with E-state index in [1.807, 2.05) is 13.2 Å². The lowest BCUT2D eigenvalue weighted by atomic mass is 9.86. The van der Waals surface area contributed by atoms with Crippen LogP contribution in [0.25, 0.3) is 0 Å². The van der Waals surface area contributed by atoms with Crippen molar-refractivity contribution in [2.45, 2.75) is 58.7 Å². The molecule has 9 heteroatoms. The molecule has 158 valence electrons. The third-order valence-electron chi connectivity index (χ3n) is 4.39. The van der Waals surface area contributed by atoms with Gasteiger partial charge in [0, 0.05) is 13.0 Å². The molecule has 7 nitrogen and oxygen atoms in total. The molecule has 0 aromatic heterocycles. The van der Waals surface area contributed by atoms with Gasteiger partial charge in [-0.2, -0.15) is 0 Å². The Kier molecular flexibility index (Phi) is 9.95. The van der Waals surface area contributed by atoms with Crippen LogP contribution >= 0.6 is 24.0 Å². The highest BCUT2D eigenvalue weighted by molar-refractivity contribution is 8.22. The summed E-state index contributed by atoms with van der Waals surface area (Å²) < 4.78 is 22.7. The number of rotatable bonds is 8. The van der Waals surface area contributed by atoms with Crippen LogP contribution in [0, 0.1) is 17.3 Å². The molecule has 0 aromatic rings. The molecule has 0 unspecified atom stereocenters. The summed E-state index contributed by atoms with van der Waals surface area (Å²) in [5.41, 5.74) is -0.566. The normalized spacial score (nSPS) is 27.9. The number of ether oxygens (including phenoxy) is 4. The van der Waals surface area contributed by atoms with Crippen molar-refractivity contribution in [2.24, 2.45) is 17.3 Å². The Morgan fingerprint density at radius 2 is 2.00 bits per heavy atom. The van der Waals surface area contributed by atoms with Gasteiger partial charge < -0.3 is 29.2 Å². The van der Waals surface area contributed by atoms with Crippen molar-refractivity contribution in [1.82, 2.24) is 0 Å². The van der Waals surface area contributed by atoms with Crippen molar-refractivity contribution in [3.05, 3.63) is 0 Å². The van der Waals surface area contributed by atoms with Crippen LogP contribution in [0.5, 0.6) is 0 Å². The summed E-state index contributed by atoms with van der Waals surface area (Å²) in [7, 11) is 1.49. The molecule has 1 fully saturated rings. The van der Waals surface area contributed by atoms with Crippen LogP contribution in [-0.2, 0) is 23.7 Å². The summed E-state index contributed by atoms with van der Waals surface area (Å²) in [6.07, 6.45) is -0.633. The molecule has 0 spiro atoms. The number of carbonyl (C=O) groups is 1. The lowest BCUT2D eigenvalue weighted by Crippen LogP contribution is -2.39. The van der Waals surface area contributed by atoms with E-state index in [1.165, 1.54) is 18.9 Å². The van der Waals surface area contributed by atoms with Gasteiger partial charge in [-0.05, 0) is 51.6 Å². The van der Waals surface area contributed by atoms with Crippen LogP contribution in [0.2, 0.25) is 0 Å². The summed E-state index contributed by atoms with van der Waals surface area (Å²) in [6, 6.07) is 0. The van der Waals surface area contributed by atoms with Crippen molar-refractivity contribution in [1.29, 1.82) is 0 Å². The lowest BCUT2D eigenvalue weighted by molar-refractivity contribution is -0.164. The number of aliphatic hydroxyl groups excluding tert-OH is 2. The van der Waals surface area contributed by atoms with E-state index in [-0.39, 0.29) is 24.4 Å². The molecule has 2 N–H and O–H groups in total. The molecule has 0 aromatic carbocycles. The second-order valence-electron chi connectivity index (χ2n) is 7.84. The fraction of sp³-hybridized carbons (Fsp3) is 0.889. The van der Waals surface area contributed by atoms with Crippen LogP contribution in [0.15, 0.2) is 0 Å². The second-order valence-corrected chi connectivity index (χ2v) is 9.25. The molecule has 27 heavy (non-hydrogen) atoms. The number of thiocarbonyl (C=S) groups is 1. The number of esters is 1. The molecule has 1 saturated heterocycles. The minimum absolute atomic E-state index is 0.0113. The van der Waals surface area contributed by atoms with Crippen molar-refractivity contribution in [2.75, 3.05) is 26.6 Å². The van der Waals surface area contributed by atoms with E-state index in [2.05, 4.69) is 0 Å². The monoisotopic (exact) mass is 424 g/mol. The highest BCUT2D eigenvalue weighted by Crippen LogP contribution is 2.37. The van der Waals surface area contributed by atoms with Gasteiger partial charge in [0.2, 0.25) is 4.38 Å². The molecule has 0 bridgehead atoms. The van der Waals surface area contributed by atoms with Crippen LogP contribution < -0.4 is 0 Å². The zero-order valence-corrected chi connectivity index (χ0v) is 18.5.